The SMILES string of the molecule is C=CS(=O)(=O)c1cc(OC)c(/N=N/c2c(S(=O)(=O)O)cc3cc(S(=O)(=O)O)c(/N=N/c4cc(OC)c(S(=O)(=O)C=C)cc4OC)c(O)c3c2N)cc1OC. The van der Waals surface area contributed by atoms with Crippen molar-refractivity contribution in [3.05, 3.63) is 60.4 Å². The molecule has 0 saturated heterocycles. The van der Waals surface area contributed by atoms with E-state index in [0.717, 1.165) is 52.7 Å². The molecule has 54 heavy (non-hydrogen) atoms. The molecule has 4 aromatic rings. The van der Waals surface area contributed by atoms with Crippen LogP contribution in [0.5, 0.6) is 28.7 Å². The van der Waals surface area contributed by atoms with Gasteiger partial charge in [-0.3, -0.25) is 9.11 Å². The van der Waals surface area contributed by atoms with Crippen molar-refractivity contribution in [3.63, 3.8) is 0 Å². The Balaban J connectivity index is 2.05. The summed E-state index contributed by atoms with van der Waals surface area (Å²) in [6.45, 7) is 6.51. The number of hydrogen-bond acceptors (Lipinski definition) is 18. The zero-order valence-corrected chi connectivity index (χ0v) is 31.5. The third-order valence-corrected chi connectivity index (χ3v) is 11.8. The van der Waals surface area contributed by atoms with Crippen molar-refractivity contribution < 1.29 is 66.8 Å². The number of ether oxygens (including phenoxy) is 4. The quantitative estimate of drug-likeness (QED) is 0.0710. The average molecular weight is 828 g/mol. The highest BCUT2D eigenvalue weighted by atomic mass is 32.2. The van der Waals surface area contributed by atoms with Crippen LogP contribution in [0.15, 0.2) is 100 Å². The first kappa shape index (κ1) is 41.1. The highest BCUT2D eigenvalue weighted by molar-refractivity contribution is 7.94. The summed E-state index contributed by atoms with van der Waals surface area (Å²) in [4.78, 5) is -2.90. The molecule has 288 valence electrons. The maximum Gasteiger partial charge on any atom is 0.296 e. The van der Waals surface area contributed by atoms with Gasteiger partial charge >= 0.3 is 0 Å². The number of nitrogens with zero attached hydrogens (tertiary/aromatic N) is 4. The van der Waals surface area contributed by atoms with Gasteiger partial charge in [0.15, 0.2) is 5.75 Å². The number of hydrogen-bond donors (Lipinski definition) is 4. The van der Waals surface area contributed by atoms with Crippen molar-refractivity contribution in [3.8, 4) is 28.7 Å². The number of aromatic hydroxyl groups is 1. The predicted molar refractivity (Wildman–Crippen MR) is 192 cm³/mol. The summed E-state index contributed by atoms with van der Waals surface area (Å²) < 4.78 is 141. The lowest BCUT2D eigenvalue weighted by molar-refractivity contribution is 0.393. The molecule has 0 unspecified atom stereocenters. The van der Waals surface area contributed by atoms with E-state index in [9.17, 15) is 47.9 Å². The molecule has 24 heteroatoms. The van der Waals surface area contributed by atoms with Gasteiger partial charge in [-0.05, 0) is 17.5 Å². The van der Waals surface area contributed by atoms with E-state index in [4.69, 9.17) is 24.7 Å². The van der Waals surface area contributed by atoms with Gasteiger partial charge in [0.05, 0.1) is 39.5 Å². The van der Waals surface area contributed by atoms with E-state index in [1.165, 1.54) is 0 Å². The van der Waals surface area contributed by atoms with Crippen LogP contribution in [0.2, 0.25) is 0 Å². The molecule has 4 aromatic carbocycles. The van der Waals surface area contributed by atoms with Gasteiger partial charge in [0, 0.05) is 35.1 Å². The van der Waals surface area contributed by atoms with Crippen molar-refractivity contribution in [2.45, 2.75) is 19.6 Å². The minimum Gasteiger partial charge on any atom is -0.505 e. The Morgan fingerprint density at radius 2 is 0.944 bits per heavy atom. The molecule has 0 heterocycles. The van der Waals surface area contributed by atoms with Crippen LogP contribution in [0.1, 0.15) is 0 Å². The lowest BCUT2D eigenvalue weighted by atomic mass is 10.1. The van der Waals surface area contributed by atoms with E-state index < -0.39 is 83.3 Å². The number of phenols is 1. The Morgan fingerprint density at radius 1 is 0.574 bits per heavy atom. The zero-order chi connectivity index (χ0) is 40.6. The van der Waals surface area contributed by atoms with E-state index in [-0.39, 0.29) is 44.2 Å². The Hall–Kier alpha value is -5.66. The first-order chi connectivity index (χ1) is 25.1. The summed E-state index contributed by atoms with van der Waals surface area (Å²) in [6, 6.07) is 5.48. The number of anilines is 1. The smallest absolute Gasteiger partial charge is 0.296 e. The summed E-state index contributed by atoms with van der Waals surface area (Å²) in [5.74, 6) is -2.04. The molecule has 0 saturated carbocycles. The second-order valence-electron chi connectivity index (χ2n) is 10.4. The van der Waals surface area contributed by atoms with Gasteiger partial charge in [-0.25, -0.2) is 16.8 Å². The topological polar surface area (TPSA) is 310 Å². The van der Waals surface area contributed by atoms with E-state index in [2.05, 4.69) is 33.6 Å². The number of azo groups is 2. The maximum absolute atomic E-state index is 12.5. The van der Waals surface area contributed by atoms with Crippen molar-refractivity contribution in [2.75, 3.05) is 34.2 Å². The monoisotopic (exact) mass is 827 g/mol. The molecule has 0 bridgehead atoms. The normalized spacial score (nSPS) is 12.6. The minimum atomic E-state index is -5.29. The number of nitrogen functional groups attached to an aromatic ring is 1. The van der Waals surface area contributed by atoms with E-state index >= 15 is 0 Å². The molecule has 0 atom stereocenters. The van der Waals surface area contributed by atoms with Gasteiger partial charge in [0.1, 0.15) is 65.3 Å². The van der Waals surface area contributed by atoms with Gasteiger partial charge in [-0.15, -0.1) is 20.5 Å². The molecule has 0 radical (unpaired) electrons. The highest BCUT2D eigenvalue weighted by Crippen LogP contribution is 2.49. The number of nitrogens with two attached hydrogens (primary N) is 1. The van der Waals surface area contributed by atoms with Crippen molar-refractivity contribution in [1.82, 2.24) is 0 Å². The molecular weight excluding hydrogens is 799 g/mol. The summed E-state index contributed by atoms with van der Waals surface area (Å²) in [5.41, 5.74) is 3.28. The first-order valence-electron chi connectivity index (χ1n) is 14.3. The molecule has 4 rings (SSSR count). The lowest BCUT2D eigenvalue weighted by Gasteiger charge is -2.15. The van der Waals surface area contributed by atoms with Gasteiger partial charge in [0.2, 0.25) is 19.7 Å². The van der Waals surface area contributed by atoms with Gasteiger partial charge in [0.25, 0.3) is 20.2 Å². The predicted octanol–water partition coefficient (Wildman–Crippen LogP) is 5.32. The van der Waals surface area contributed by atoms with E-state index in [1.54, 1.807) is 0 Å². The summed E-state index contributed by atoms with van der Waals surface area (Å²) in [6.07, 6.45) is 0. The Bertz CT molecular complexity index is 2570. The van der Waals surface area contributed by atoms with Crippen LogP contribution in [0.4, 0.5) is 28.4 Å². The molecule has 5 N–H and O–H groups in total. The molecule has 0 aromatic heterocycles. The van der Waals surface area contributed by atoms with Crippen LogP contribution in [0.3, 0.4) is 0 Å². The summed E-state index contributed by atoms with van der Waals surface area (Å²) in [5, 5.41) is 27.1. The molecular formula is C30H29N5O15S4. The average Bonchev–Trinajstić information content (AvgIpc) is 3.11. The fourth-order valence-corrected chi connectivity index (χ4v) is 7.88. The van der Waals surface area contributed by atoms with Crippen molar-refractivity contribution >= 4 is 79.1 Å². The maximum atomic E-state index is 12.5. The Morgan fingerprint density at radius 3 is 1.30 bits per heavy atom. The third-order valence-electron chi connectivity index (χ3n) is 7.37. The Kier molecular flexibility index (Phi) is 11.4. The third kappa shape index (κ3) is 7.82. The standard InChI is InChI=1S/C30H29N5O15S4/c1-7-51(37,38)22-13-18(47-3)16(11-20(22)49-5)32-34-28-24(53(41,42)43)9-15-10-25(54(44,45)46)29(30(36)26(15)27(28)31)35-33-17-12-21(50-6)23(14-19(17)48-4)52(39,40)8-2/h7-14,36H,1-2,31H2,3-6H3,(H,41,42,43)(H,44,45,46)/b34-32+,35-33+. The molecule has 0 amide bonds. The molecule has 0 aliphatic heterocycles. The van der Waals surface area contributed by atoms with Gasteiger partial charge < -0.3 is 29.8 Å². The van der Waals surface area contributed by atoms with Gasteiger partial charge in [-0.1, -0.05) is 13.2 Å². The fraction of sp³-hybridized carbons (Fsp3) is 0.133. The molecule has 0 aliphatic carbocycles. The van der Waals surface area contributed by atoms with Crippen molar-refractivity contribution in [1.29, 1.82) is 0 Å². The van der Waals surface area contributed by atoms with E-state index in [0.29, 0.717) is 22.9 Å². The van der Waals surface area contributed by atoms with Crippen LogP contribution in [0, 0.1) is 0 Å². The first-order valence-corrected chi connectivity index (χ1v) is 20.2. The number of benzene rings is 4. The molecule has 0 spiro atoms. The van der Waals surface area contributed by atoms with E-state index in [1.807, 2.05) is 0 Å². The number of rotatable bonds is 14. The Labute approximate surface area is 308 Å². The number of fused-ring (bicyclic) bond motifs is 1. The number of phenolic OH excluding ortho intramolecular Hbond substituents is 1. The molecule has 0 fully saturated rings. The molecule has 20 nitrogen and oxygen atoms in total. The lowest BCUT2D eigenvalue weighted by Crippen LogP contribution is -2.04. The largest absolute Gasteiger partial charge is 0.505 e. The second-order valence-corrected chi connectivity index (χ2v) is 16.9. The second kappa shape index (κ2) is 15.0. The van der Waals surface area contributed by atoms with Crippen LogP contribution in [0.25, 0.3) is 10.8 Å². The van der Waals surface area contributed by atoms with Crippen LogP contribution >= 0.6 is 0 Å². The van der Waals surface area contributed by atoms with Crippen LogP contribution in [-0.2, 0) is 39.9 Å². The highest BCUT2D eigenvalue weighted by Gasteiger charge is 2.29. The number of methoxy groups -OCH3 is 4. The molecule has 0 aliphatic rings. The minimum absolute atomic E-state index is 0.210. The summed E-state index contributed by atoms with van der Waals surface area (Å²) >= 11 is 0. The van der Waals surface area contributed by atoms with Crippen LogP contribution < -0.4 is 24.7 Å². The number of sulfone groups is 2. The van der Waals surface area contributed by atoms with Crippen molar-refractivity contribution in [2.24, 2.45) is 20.5 Å². The fourth-order valence-electron chi connectivity index (χ4n) is 4.80. The summed E-state index contributed by atoms with van der Waals surface area (Å²) in [7, 11) is -14.1. The zero-order valence-electron chi connectivity index (χ0n) is 28.3. The van der Waals surface area contributed by atoms with Gasteiger partial charge in [-0.2, -0.15) is 16.8 Å². The van der Waals surface area contributed by atoms with Crippen LogP contribution in [-0.4, -0.2) is 76.3 Å².